The minimum atomic E-state index is -1.26. The van der Waals surface area contributed by atoms with Gasteiger partial charge >= 0.3 is 5.97 Å². The molecule has 3 N–H and O–H groups in total. The van der Waals surface area contributed by atoms with Crippen LogP contribution in [0.2, 0.25) is 0 Å². The first-order chi connectivity index (χ1) is 16.3. The Hall–Kier alpha value is -4.48. The Morgan fingerprint density at radius 1 is 0.882 bits per heavy atom. The van der Waals surface area contributed by atoms with Crippen LogP contribution in [0.15, 0.2) is 29.4 Å². The summed E-state index contributed by atoms with van der Waals surface area (Å²) in [6.07, 6.45) is 1.14. The Kier molecular flexibility index (Phi) is 9.06. The third-order valence-electron chi connectivity index (χ3n) is 4.52. The predicted molar refractivity (Wildman–Crippen MR) is 121 cm³/mol. The SMILES string of the molecule is COc1cc(C(=O)NCC(=O)NN=Cc2ccc(OC)c(OC)c2C(=O)O)cc(OC)c1OC. The molecule has 2 amide bonds. The number of nitrogens with zero attached hydrogens (tertiary/aromatic N) is 1. The van der Waals surface area contributed by atoms with E-state index in [2.05, 4.69) is 15.8 Å². The van der Waals surface area contributed by atoms with Gasteiger partial charge in [0, 0.05) is 11.1 Å². The molecular formula is C22H25N3O9. The molecule has 0 aromatic heterocycles. The topological polar surface area (TPSA) is 154 Å². The molecule has 34 heavy (non-hydrogen) atoms. The van der Waals surface area contributed by atoms with Gasteiger partial charge in [0.05, 0.1) is 48.3 Å². The van der Waals surface area contributed by atoms with Crippen LogP contribution in [0, 0.1) is 0 Å². The van der Waals surface area contributed by atoms with Gasteiger partial charge < -0.3 is 34.1 Å². The highest BCUT2D eigenvalue weighted by molar-refractivity contribution is 6.02. The monoisotopic (exact) mass is 475 g/mol. The summed E-state index contributed by atoms with van der Waals surface area (Å²) in [4.78, 5) is 36.2. The quantitative estimate of drug-likeness (QED) is 0.322. The van der Waals surface area contributed by atoms with Crippen molar-refractivity contribution in [3.63, 3.8) is 0 Å². The number of carbonyl (C=O) groups excluding carboxylic acids is 2. The number of nitrogens with one attached hydrogen (secondary N) is 2. The summed E-state index contributed by atoms with van der Waals surface area (Å²) in [5.74, 6) is -1.33. The summed E-state index contributed by atoms with van der Waals surface area (Å²) in [5, 5.41) is 15.7. The second kappa shape index (κ2) is 11.9. The van der Waals surface area contributed by atoms with Crippen molar-refractivity contribution in [2.24, 2.45) is 5.10 Å². The van der Waals surface area contributed by atoms with Crippen LogP contribution in [0.25, 0.3) is 0 Å². The highest BCUT2D eigenvalue weighted by Gasteiger charge is 2.20. The van der Waals surface area contributed by atoms with E-state index in [1.807, 2.05) is 0 Å². The lowest BCUT2D eigenvalue weighted by molar-refractivity contribution is -0.120. The van der Waals surface area contributed by atoms with Gasteiger partial charge in [-0.3, -0.25) is 9.59 Å². The Balaban J connectivity index is 2.07. The number of ether oxygens (including phenoxy) is 5. The van der Waals surface area contributed by atoms with Crippen LogP contribution in [0.3, 0.4) is 0 Å². The van der Waals surface area contributed by atoms with E-state index in [1.54, 1.807) is 0 Å². The van der Waals surface area contributed by atoms with E-state index in [0.29, 0.717) is 5.75 Å². The summed E-state index contributed by atoms with van der Waals surface area (Å²) in [5.41, 5.74) is 2.39. The third kappa shape index (κ3) is 5.85. The molecule has 2 rings (SSSR count). The molecule has 0 bridgehead atoms. The molecular weight excluding hydrogens is 450 g/mol. The fraction of sp³-hybridized carbons (Fsp3) is 0.273. The van der Waals surface area contributed by atoms with Crippen LogP contribution in [0.5, 0.6) is 28.7 Å². The van der Waals surface area contributed by atoms with Gasteiger partial charge in [-0.15, -0.1) is 0 Å². The van der Waals surface area contributed by atoms with Gasteiger partial charge in [-0.05, 0) is 24.3 Å². The average Bonchev–Trinajstić information content (AvgIpc) is 2.85. The molecule has 0 saturated carbocycles. The molecule has 0 unspecified atom stereocenters. The maximum absolute atomic E-state index is 12.5. The number of carboxylic acids is 1. The molecule has 2 aromatic carbocycles. The van der Waals surface area contributed by atoms with Crippen molar-refractivity contribution in [2.75, 3.05) is 42.1 Å². The largest absolute Gasteiger partial charge is 0.493 e. The zero-order valence-electron chi connectivity index (χ0n) is 19.3. The molecule has 0 atom stereocenters. The zero-order valence-corrected chi connectivity index (χ0v) is 19.3. The number of hydrogen-bond donors (Lipinski definition) is 3. The number of carboxylic acid groups (broad SMARTS) is 1. The molecule has 12 heteroatoms. The van der Waals surface area contributed by atoms with Gasteiger partial charge in [0.25, 0.3) is 11.8 Å². The van der Waals surface area contributed by atoms with E-state index in [9.17, 15) is 19.5 Å². The molecule has 0 aliphatic carbocycles. The first-order valence-electron chi connectivity index (χ1n) is 9.69. The van der Waals surface area contributed by atoms with Gasteiger partial charge in [0.1, 0.15) is 5.56 Å². The fourth-order valence-electron chi connectivity index (χ4n) is 2.96. The Bertz CT molecular complexity index is 1070. The van der Waals surface area contributed by atoms with Crippen molar-refractivity contribution in [3.05, 3.63) is 41.0 Å². The molecule has 0 aliphatic rings. The Morgan fingerprint density at radius 3 is 1.97 bits per heavy atom. The Labute approximate surface area is 195 Å². The average molecular weight is 475 g/mol. The molecule has 0 heterocycles. The fourth-order valence-corrected chi connectivity index (χ4v) is 2.96. The van der Waals surface area contributed by atoms with Gasteiger partial charge in [0.2, 0.25) is 5.75 Å². The second-order valence-electron chi connectivity index (χ2n) is 6.46. The van der Waals surface area contributed by atoms with Gasteiger partial charge in [-0.2, -0.15) is 5.10 Å². The molecule has 12 nitrogen and oxygen atoms in total. The van der Waals surface area contributed by atoms with E-state index < -0.39 is 24.3 Å². The highest BCUT2D eigenvalue weighted by atomic mass is 16.5. The maximum atomic E-state index is 12.5. The van der Waals surface area contributed by atoms with Crippen molar-refractivity contribution in [1.82, 2.24) is 10.7 Å². The zero-order chi connectivity index (χ0) is 25.3. The van der Waals surface area contributed by atoms with E-state index in [1.165, 1.54) is 59.8 Å². The standard InChI is InChI=1S/C22H25N3O9/c1-30-14-7-6-12(18(22(28)29)20(14)34-5)10-24-25-17(26)11-23-21(27)13-8-15(31-2)19(33-4)16(9-13)32-3/h6-10H,11H2,1-5H3,(H,23,27)(H,25,26)(H,28,29). The van der Waals surface area contributed by atoms with Gasteiger partial charge in [-0.25, -0.2) is 10.2 Å². The number of amides is 2. The van der Waals surface area contributed by atoms with E-state index >= 15 is 0 Å². The van der Waals surface area contributed by atoms with Gasteiger partial charge in [0.15, 0.2) is 23.0 Å². The minimum Gasteiger partial charge on any atom is -0.493 e. The number of hydrazone groups is 1. The second-order valence-corrected chi connectivity index (χ2v) is 6.46. The third-order valence-corrected chi connectivity index (χ3v) is 4.52. The summed E-state index contributed by atoms with van der Waals surface area (Å²) in [6, 6.07) is 5.84. The van der Waals surface area contributed by atoms with Crippen molar-refractivity contribution in [1.29, 1.82) is 0 Å². The molecule has 0 fully saturated rings. The van der Waals surface area contributed by atoms with Gasteiger partial charge in [-0.1, -0.05) is 0 Å². The van der Waals surface area contributed by atoms with Crippen LogP contribution < -0.4 is 34.4 Å². The Morgan fingerprint density at radius 2 is 1.47 bits per heavy atom. The van der Waals surface area contributed by atoms with Crippen molar-refractivity contribution >= 4 is 24.0 Å². The molecule has 0 aliphatic heterocycles. The van der Waals surface area contributed by atoms with Crippen LogP contribution >= 0.6 is 0 Å². The smallest absolute Gasteiger partial charge is 0.340 e. The minimum absolute atomic E-state index is 0.0166. The summed E-state index contributed by atoms with van der Waals surface area (Å²) >= 11 is 0. The van der Waals surface area contributed by atoms with E-state index in [-0.39, 0.29) is 39.7 Å². The van der Waals surface area contributed by atoms with E-state index in [0.717, 1.165) is 6.21 Å². The summed E-state index contributed by atoms with van der Waals surface area (Å²) in [7, 11) is 6.96. The summed E-state index contributed by atoms with van der Waals surface area (Å²) in [6.45, 7) is -0.398. The lowest BCUT2D eigenvalue weighted by atomic mass is 10.1. The lowest BCUT2D eigenvalue weighted by Crippen LogP contribution is -2.35. The molecule has 0 radical (unpaired) electrons. The first-order valence-corrected chi connectivity index (χ1v) is 9.69. The van der Waals surface area contributed by atoms with Crippen LogP contribution in [-0.2, 0) is 4.79 Å². The molecule has 0 saturated heterocycles. The summed E-state index contributed by atoms with van der Waals surface area (Å²) < 4.78 is 25.8. The number of benzene rings is 2. The molecule has 2 aromatic rings. The first kappa shape index (κ1) is 25.8. The molecule has 182 valence electrons. The maximum Gasteiger partial charge on any atom is 0.340 e. The number of rotatable bonds is 11. The number of aromatic carboxylic acids is 1. The van der Waals surface area contributed by atoms with Crippen LogP contribution in [0.4, 0.5) is 0 Å². The number of carbonyl (C=O) groups is 3. The van der Waals surface area contributed by atoms with Crippen LogP contribution in [-0.4, -0.2) is 71.2 Å². The van der Waals surface area contributed by atoms with Crippen molar-refractivity contribution in [3.8, 4) is 28.7 Å². The highest BCUT2D eigenvalue weighted by Crippen LogP contribution is 2.38. The molecule has 0 spiro atoms. The van der Waals surface area contributed by atoms with Crippen molar-refractivity contribution in [2.45, 2.75) is 0 Å². The number of methoxy groups -OCH3 is 5. The predicted octanol–water partition coefficient (Wildman–Crippen LogP) is 1.31. The normalized spacial score (nSPS) is 10.4. The lowest BCUT2D eigenvalue weighted by Gasteiger charge is -2.14. The van der Waals surface area contributed by atoms with Crippen LogP contribution in [0.1, 0.15) is 26.3 Å². The number of hydrogen-bond acceptors (Lipinski definition) is 9. The van der Waals surface area contributed by atoms with E-state index in [4.69, 9.17) is 23.7 Å². The van der Waals surface area contributed by atoms with Crippen molar-refractivity contribution < 1.29 is 43.2 Å².